The minimum atomic E-state index is -0.158. The molecule has 4 nitrogen and oxygen atoms in total. The van der Waals surface area contributed by atoms with Crippen LogP contribution in [0.3, 0.4) is 0 Å². The SMILES string of the molecule is CCCC1(C(=O)N2CCc3ncccc3C2)CCNC1. The van der Waals surface area contributed by atoms with Crippen molar-refractivity contribution in [3.8, 4) is 0 Å². The van der Waals surface area contributed by atoms with Gasteiger partial charge in [-0.15, -0.1) is 0 Å². The average molecular weight is 273 g/mol. The zero-order valence-electron chi connectivity index (χ0n) is 12.2. The van der Waals surface area contributed by atoms with Gasteiger partial charge in [0.15, 0.2) is 0 Å². The Labute approximate surface area is 120 Å². The van der Waals surface area contributed by atoms with Crippen LogP contribution in [0.4, 0.5) is 0 Å². The third kappa shape index (κ3) is 2.33. The van der Waals surface area contributed by atoms with Crippen LogP contribution in [0.25, 0.3) is 0 Å². The highest BCUT2D eigenvalue weighted by Gasteiger charge is 2.43. The van der Waals surface area contributed by atoms with Gasteiger partial charge >= 0.3 is 0 Å². The van der Waals surface area contributed by atoms with Crippen LogP contribution in [0.5, 0.6) is 0 Å². The number of aromatic nitrogens is 1. The number of carbonyl (C=O) groups is 1. The summed E-state index contributed by atoms with van der Waals surface area (Å²) in [4.78, 5) is 19.4. The molecular formula is C16H23N3O. The first-order chi connectivity index (χ1) is 9.75. The second kappa shape index (κ2) is 5.52. The highest BCUT2D eigenvalue weighted by atomic mass is 16.2. The topological polar surface area (TPSA) is 45.2 Å². The Balaban J connectivity index is 1.78. The normalized spacial score (nSPS) is 25.6. The van der Waals surface area contributed by atoms with Crippen molar-refractivity contribution in [2.45, 2.75) is 39.2 Å². The van der Waals surface area contributed by atoms with E-state index in [1.807, 2.05) is 17.2 Å². The van der Waals surface area contributed by atoms with Gasteiger partial charge in [-0.2, -0.15) is 0 Å². The summed E-state index contributed by atoms with van der Waals surface area (Å²) < 4.78 is 0. The smallest absolute Gasteiger partial charge is 0.230 e. The molecule has 2 aliphatic rings. The van der Waals surface area contributed by atoms with Crippen LogP contribution in [0.15, 0.2) is 18.3 Å². The van der Waals surface area contributed by atoms with Crippen molar-refractivity contribution < 1.29 is 4.79 Å². The average Bonchev–Trinajstić information content (AvgIpc) is 2.96. The molecule has 0 aromatic carbocycles. The Morgan fingerprint density at radius 2 is 2.45 bits per heavy atom. The van der Waals surface area contributed by atoms with Gasteiger partial charge in [-0.1, -0.05) is 19.4 Å². The van der Waals surface area contributed by atoms with Crippen LogP contribution in [0.1, 0.15) is 37.4 Å². The lowest BCUT2D eigenvalue weighted by atomic mass is 9.80. The lowest BCUT2D eigenvalue weighted by Gasteiger charge is -2.36. The third-order valence-corrected chi connectivity index (χ3v) is 4.68. The molecule has 3 rings (SSSR count). The summed E-state index contributed by atoms with van der Waals surface area (Å²) in [6.45, 7) is 5.53. The summed E-state index contributed by atoms with van der Waals surface area (Å²) in [5, 5.41) is 3.38. The quantitative estimate of drug-likeness (QED) is 0.912. The molecule has 3 heterocycles. The van der Waals surface area contributed by atoms with E-state index in [-0.39, 0.29) is 5.41 Å². The van der Waals surface area contributed by atoms with Crippen molar-refractivity contribution >= 4 is 5.91 Å². The zero-order valence-corrected chi connectivity index (χ0v) is 12.2. The second-order valence-electron chi connectivity index (χ2n) is 6.04. The van der Waals surface area contributed by atoms with Crippen molar-refractivity contribution in [3.63, 3.8) is 0 Å². The molecule has 1 fully saturated rings. The number of rotatable bonds is 3. The lowest BCUT2D eigenvalue weighted by molar-refractivity contribution is -0.142. The molecule has 0 spiro atoms. The predicted octanol–water partition coefficient (Wildman–Crippen LogP) is 1.75. The highest BCUT2D eigenvalue weighted by Crippen LogP contribution is 2.34. The third-order valence-electron chi connectivity index (χ3n) is 4.68. The fourth-order valence-electron chi connectivity index (χ4n) is 3.60. The highest BCUT2D eigenvalue weighted by molar-refractivity contribution is 5.83. The number of amides is 1. The molecule has 0 aliphatic carbocycles. The van der Waals surface area contributed by atoms with E-state index in [2.05, 4.69) is 23.3 Å². The van der Waals surface area contributed by atoms with E-state index in [0.29, 0.717) is 5.91 Å². The first-order valence-corrected chi connectivity index (χ1v) is 7.68. The maximum Gasteiger partial charge on any atom is 0.230 e. The van der Waals surface area contributed by atoms with E-state index in [0.717, 1.165) is 57.6 Å². The van der Waals surface area contributed by atoms with Gasteiger partial charge in [-0.25, -0.2) is 0 Å². The Bertz CT molecular complexity index is 494. The van der Waals surface area contributed by atoms with Crippen molar-refractivity contribution in [3.05, 3.63) is 29.6 Å². The summed E-state index contributed by atoms with van der Waals surface area (Å²) in [6.07, 6.45) is 5.78. The number of carbonyl (C=O) groups excluding carboxylic acids is 1. The molecule has 1 atom stereocenters. The summed E-state index contributed by atoms with van der Waals surface area (Å²) in [6, 6.07) is 4.06. The molecular weight excluding hydrogens is 250 g/mol. The fraction of sp³-hybridized carbons (Fsp3) is 0.625. The molecule has 20 heavy (non-hydrogen) atoms. The first kappa shape index (κ1) is 13.6. The van der Waals surface area contributed by atoms with Crippen LogP contribution in [-0.4, -0.2) is 35.4 Å². The molecule has 1 N–H and O–H groups in total. The van der Waals surface area contributed by atoms with Crippen molar-refractivity contribution in [1.29, 1.82) is 0 Å². The molecule has 108 valence electrons. The minimum absolute atomic E-state index is 0.158. The lowest BCUT2D eigenvalue weighted by Crippen LogP contribution is -2.47. The molecule has 1 aromatic heterocycles. The molecule has 1 aromatic rings. The Hall–Kier alpha value is -1.42. The molecule has 1 unspecified atom stereocenters. The Morgan fingerprint density at radius 1 is 1.55 bits per heavy atom. The van der Waals surface area contributed by atoms with Crippen molar-refractivity contribution in [1.82, 2.24) is 15.2 Å². The summed E-state index contributed by atoms with van der Waals surface area (Å²) in [5.41, 5.74) is 2.21. The van der Waals surface area contributed by atoms with E-state index in [9.17, 15) is 4.79 Å². The predicted molar refractivity (Wildman–Crippen MR) is 78.2 cm³/mol. The fourth-order valence-corrected chi connectivity index (χ4v) is 3.60. The second-order valence-corrected chi connectivity index (χ2v) is 6.04. The van der Waals surface area contributed by atoms with E-state index >= 15 is 0 Å². The molecule has 0 saturated carbocycles. The molecule has 1 saturated heterocycles. The van der Waals surface area contributed by atoms with Gasteiger partial charge in [0.05, 0.1) is 5.41 Å². The molecule has 0 radical (unpaired) electrons. The van der Waals surface area contributed by atoms with Gasteiger partial charge in [-0.05, 0) is 31.0 Å². The van der Waals surface area contributed by atoms with Crippen LogP contribution in [-0.2, 0) is 17.8 Å². The first-order valence-electron chi connectivity index (χ1n) is 7.68. The Kier molecular flexibility index (Phi) is 3.74. The number of fused-ring (bicyclic) bond motifs is 1. The maximum absolute atomic E-state index is 13.0. The van der Waals surface area contributed by atoms with E-state index in [1.54, 1.807) is 0 Å². The van der Waals surface area contributed by atoms with Gasteiger partial charge in [-0.3, -0.25) is 9.78 Å². The molecule has 0 bridgehead atoms. The van der Waals surface area contributed by atoms with Crippen LogP contribution >= 0.6 is 0 Å². The summed E-state index contributed by atoms with van der Waals surface area (Å²) >= 11 is 0. The van der Waals surface area contributed by atoms with E-state index in [4.69, 9.17) is 0 Å². The minimum Gasteiger partial charge on any atom is -0.337 e. The van der Waals surface area contributed by atoms with Gasteiger partial charge < -0.3 is 10.2 Å². The van der Waals surface area contributed by atoms with Crippen LogP contribution in [0, 0.1) is 5.41 Å². The van der Waals surface area contributed by atoms with Gasteiger partial charge in [0.1, 0.15) is 0 Å². The molecule has 1 amide bonds. The standard InChI is InChI=1S/C16H23N3O/c1-2-6-16(7-9-17-12-16)15(20)19-10-5-14-13(11-19)4-3-8-18-14/h3-4,8,17H,2,5-7,9-12H2,1H3. The summed E-state index contributed by atoms with van der Waals surface area (Å²) in [7, 11) is 0. The number of pyridine rings is 1. The van der Waals surface area contributed by atoms with Crippen molar-refractivity contribution in [2.75, 3.05) is 19.6 Å². The zero-order chi connectivity index (χ0) is 14.0. The van der Waals surface area contributed by atoms with Gasteiger partial charge in [0, 0.05) is 37.9 Å². The molecule has 2 aliphatic heterocycles. The molecule has 4 heteroatoms. The van der Waals surface area contributed by atoms with Gasteiger partial charge in [0.25, 0.3) is 0 Å². The Morgan fingerprint density at radius 3 is 3.20 bits per heavy atom. The van der Waals surface area contributed by atoms with Gasteiger partial charge in [0.2, 0.25) is 5.91 Å². The largest absolute Gasteiger partial charge is 0.337 e. The van der Waals surface area contributed by atoms with E-state index < -0.39 is 0 Å². The maximum atomic E-state index is 13.0. The number of hydrogen-bond donors (Lipinski definition) is 1. The van der Waals surface area contributed by atoms with Crippen LogP contribution in [0.2, 0.25) is 0 Å². The van der Waals surface area contributed by atoms with Crippen molar-refractivity contribution in [2.24, 2.45) is 5.41 Å². The number of nitrogens with one attached hydrogen (secondary N) is 1. The van der Waals surface area contributed by atoms with E-state index in [1.165, 1.54) is 5.56 Å². The monoisotopic (exact) mass is 273 g/mol. The number of hydrogen-bond acceptors (Lipinski definition) is 3. The number of nitrogens with zero attached hydrogens (tertiary/aromatic N) is 2. The van der Waals surface area contributed by atoms with Crippen LogP contribution < -0.4 is 5.32 Å². The summed E-state index contributed by atoms with van der Waals surface area (Å²) in [5.74, 6) is 0.346.